The van der Waals surface area contributed by atoms with Crippen molar-refractivity contribution in [1.82, 2.24) is 5.32 Å². The number of likely N-dealkylation sites (N-methyl/N-ethyl adjacent to an activating group) is 1. The Morgan fingerprint density at radius 3 is 1.55 bits per heavy atom. The normalized spacial score (nSPS) is 12.8. The number of amides is 1. The molecule has 4 heteroatoms. The minimum Gasteiger partial charge on any atom is -0.633 e. The van der Waals surface area contributed by atoms with Crippen molar-refractivity contribution < 1.29 is 9.44 Å². The van der Waals surface area contributed by atoms with Crippen LogP contribution in [0.5, 0.6) is 0 Å². The predicted octanol–water partition coefficient (Wildman–Crippen LogP) is 5.49. The van der Waals surface area contributed by atoms with Gasteiger partial charge in [-0.3, -0.25) is 4.79 Å². The van der Waals surface area contributed by atoms with E-state index in [9.17, 15) is 10.0 Å². The van der Waals surface area contributed by atoms with Gasteiger partial charge in [-0.15, -0.1) is 0 Å². The predicted molar refractivity (Wildman–Crippen MR) is 130 cm³/mol. The van der Waals surface area contributed by atoms with Crippen molar-refractivity contribution in [2.75, 3.05) is 27.2 Å². The van der Waals surface area contributed by atoms with E-state index in [1.165, 1.54) is 11.1 Å². The van der Waals surface area contributed by atoms with E-state index in [0.717, 1.165) is 11.1 Å². The van der Waals surface area contributed by atoms with Crippen molar-refractivity contribution in [1.29, 1.82) is 0 Å². The summed E-state index contributed by atoms with van der Waals surface area (Å²) in [7, 11) is 3.17. The van der Waals surface area contributed by atoms with E-state index >= 15 is 0 Å². The van der Waals surface area contributed by atoms with Crippen LogP contribution in [0.15, 0.2) is 48.5 Å². The minimum absolute atomic E-state index is 0.0294. The molecule has 0 aromatic heterocycles. The van der Waals surface area contributed by atoms with Gasteiger partial charge in [-0.25, -0.2) is 0 Å². The van der Waals surface area contributed by atoms with E-state index < -0.39 is 4.65 Å². The number of rotatable bonds is 7. The summed E-state index contributed by atoms with van der Waals surface area (Å²) in [5.41, 5.74) is 4.99. The van der Waals surface area contributed by atoms with Crippen LogP contribution in [0.3, 0.4) is 0 Å². The molecule has 0 radical (unpaired) electrons. The molecule has 170 valence electrons. The average Bonchev–Trinajstić information content (AvgIpc) is 2.64. The number of hydrogen-bond donors (Lipinski definition) is 1. The molecule has 1 N–H and O–H groups in total. The molecule has 0 heterocycles. The van der Waals surface area contributed by atoms with Crippen molar-refractivity contribution in [2.45, 2.75) is 64.7 Å². The van der Waals surface area contributed by atoms with Crippen LogP contribution in [-0.4, -0.2) is 37.7 Å². The largest absolute Gasteiger partial charge is 0.633 e. The zero-order chi connectivity index (χ0) is 23.4. The van der Waals surface area contributed by atoms with Gasteiger partial charge in [0.05, 0.1) is 27.2 Å². The zero-order valence-corrected chi connectivity index (χ0v) is 20.6. The number of benzene rings is 2. The first-order valence-corrected chi connectivity index (χ1v) is 11.2. The molecule has 0 atom stereocenters. The molecule has 0 saturated carbocycles. The summed E-state index contributed by atoms with van der Waals surface area (Å²) < 4.78 is -0.410. The van der Waals surface area contributed by atoms with E-state index in [1.807, 2.05) is 0 Å². The lowest BCUT2D eigenvalue weighted by atomic mass is 9.82. The summed E-state index contributed by atoms with van der Waals surface area (Å²) >= 11 is 0. The molecule has 0 aliphatic rings. The maximum absolute atomic E-state index is 12.7. The Hall–Kier alpha value is -2.17. The average molecular weight is 425 g/mol. The summed E-state index contributed by atoms with van der Waals surface area (Å²) in [4.78, 5) is 12.7. The summed E-state index contributed by atoms with van der Waals surface area (Å²) in [5.74, 6) is -0.0592. The van der Waals surface area contributed by atoms with Gasteiger partial charge < -0.3 is 15.2 Å². The molecule has 2 aromatic carbocycles. The van der Waals surface area contributed by atoms with Gasteiger partial charge in [-0.05, 0) is 33.1 Å². The first-order valence-electron chi connectivity index (χ1n) is 11.2. The molecule has 0 saturated heterocycles. The molecule has 0 unspecified atom stereocenters. The van der Waals surface area contributed by atoms with Crippen LogP contribution in [-0.2, 0) is 15.6 Å². The van der Waals surface area contributed by atoms with Gasteiger partial charge in [0, 0.05) is 12.3 Å². The van der Waals surface area contributed by atoms with Gasteiger partial charge in [0.2, 0.25) is 5.91 Å². The van der Waals surface area contributed by atoms with Crippen LogP contribution in [0.2, 0.25) is 0 Å². The fraction of sp³-hybridized carbons (Fsp3) is 0.519. The van der Waals surface area contributed by atoms with Gasteiger partial charge in [0.15, 0.2) is 0 Å². The molecule has 1 amide bonds. The van der Waals surface area contributed by atoms with E-state index in [-0.39, 0.29) is 22.7 Å². The summed E-state index contributed by atoms with van der Waals surface area (Å²) in [6, 6.07) is 17.3. The maximum Gasteiger partial charge on any atom is 0.221 e. The Kier molecular flexibility index (Phi) is 7.72. The van der Waals surface area contributed by atoms with Crippen molar-refractivity contribution in [3.63, 3.8) is 0 Å². The minimum atomic E-state index is -0.410. The number of carbonyl (C=O) groups is 1. The maximum atomic E-state index is 12.7. The topological polar surface area (TPSA) is 52.2 Å². The van der Waals surface area contributed by atoms with E-state index in [1.54, 1.807) is 14.1 Å². The van der Waals surface area contributed by atoms with Crippen LogP contribution in [0.4, 0.5) is 0 Å². The van der Waals surface area contributed by atoms with E-state index in [2.05, 4.69) is 95.4 Å². The summed E-state index contributed by atoms with van der Waals surface area (Å²) in [6.07, 6.45) is 0.357. The standard InChI is InChI=1S/C27H40N2O2/c1-26(2,3)22-13-9-20(10-14-22)24(19-25(30)28-17-18-29(7,8)31)21-11-15-23(16-12-21)27(4,5)6/h9-16,24H,17-19H2,1-8H3,(H,28,30). The van der Waals surface area contributed by atoms with Crippen LogP contribution in [0, 0.1) is 5.21 Å². The third-order valence-corrected chi connectivity index (χ3v) is 5.72. The highest BCUT2D eigenvalue weighted by molar-refractivity contribution is 5.77. The Labute approximate surface area is 188 Å². The van der Waals surface area contributed by atoms with Crippen LogP contribution in [0.25, 0.3) is 0 Å². The quantitative estimate of drug-likeness (QED) is 0.472. The number of hydroxylamine groups is 3. The van der Waals surface area contributed by atoms with Gasteiger partial charge in [-0.1, -0.05) is 90.1 Å². The second-order valence-electron chi connectivity index (χ2n) is 11.1. The van der Waals surface area contributed by atoms with Crippen molar-refractivity contribution in [3.05, 3.63) is 76.0 Å². The SMILES string of the molecule is CC(C)(C)c1ccc(C(CC(=O)NCC[N+](C)(C)[O-])c2ccc(C(C)(C)C)cc2)cc1. The molecule has 2 aromatic rings. The number of carbonyl (C=O) groups excluding carboxylic acids is 1. The first-order chi connectivity index (χ1) is 14.2. The molecule has 0 spiro atoms. The molecule has 0 fully saturated rings. The van der Waals surface area contributed by atoms with Gasteiger partial charge in [0.1, 0.15) is 0 Å². The van der Waals surface area contributed by atoms with Crippen LogP contribution < -0.4 is 5.32 Å². The number of nitrogens with zero attached hydrogens (tertiary/aromatic N) is 1. The van der Waals surface area contributed by atoms with E-state index in [4.69, 9.17) is 0 Å². The summed E-state index contributed by atoms with van der Waals surface area (Å²) in [5, 5.41) is 14.7. The lowest BCUT2D eigenvalue weighted by molar-refractivity contribution is -0.838. The Balaban J connectivity index is 2.28. The van der Waals surface area contributed by atoms with E-state index in [0.29, 0.717) is 19.5 Å². The third kappa shape index (κ3) is 7.79. The second kappa shape index (κ2) is 9.54. The lowest BCUT2D eigenvalue weighted by Gasteiger charge is -2.33. The number of nitrogens with one attached hydrogen (secondary N) is 1. The zero-order valence-electron chi connectivity index (χ0n) is 20.6. The van der Waals surface area contributed by atoms with Crippen LogP contribution >= 0.6 is 0 Å². The molecular formula is C27H40N2O2. The monoisotopic (exact) mass is 424 g/mol. The fourth-order valence-electron chi connectivity index (χ4n) is 3.58. The lowest BCUT2D eigenvalue weighted by Crippen LogP contribution is -2.40. The highest BCUT2D eigenvalue weighted by Crippen LogP contribution is 2.32. The Morgan fingerprint density at radius 2 is 1.23 bits per heavy atom. The third-order valence-electron chi connectivity index (χ3n) is 5.72. The smallest absolute Gasteiger partial charge is 0.221 e. The molecular weight excluding hydrogens is 384 g/mol. The highest BCUT2D eigenvalue weighted by Gasteiger charge is 2.21. The highest BCUT2D eigenvalue weighted by atomic mass is 16.5. The second-order valence-corrected chi connectivity index (χ2v) is 11.1. The Morgan fingerprint density at radius 1 is 0.839 bits per heavy atom. The Bertz CT molecular complexity index is 791. The molecule has 2 rings (SSSR count). The summed E-state index contributed by atoms with van der Waals surface area (Å²) in [6.45, 7) is 14.0. The number of hydrogen-bond acceptors (Lipinski definition) is 2. The molecule has 4 nitrogen and oxygen atoms in total. The van der Waals surface area contributed by atoms with Crippen molar-refractivity contribution in [3.8, 4) is 0 Å². The molecule has 31 heavy (non-hydrogen) atoms. The molecule has 0 aliphatic heterocycles. The van der Waals surface area contributed by atoms with Crippen molar-refractivity contribution in [2.24, 2.45) is 0 Å². The van der Waals surface area contributed by atoms with Crippen LogP contribution in [0.1, 0.15) is 76.1 Å². The molecule has 0 bridgehead atoms. The number of quaternary nitrogens is 1. The molecule has 0 aliphatic carbocycles. The fourth-order valence-corrected chi connectivity index (χ4v) is 3.58. The van der Waals surface area contributed by atoms with Crippen molar-refractivity contribution >= 4 is 5.91 Å². The first kappa shape index (κ1) is 25.1. The van der Waals surface area contributed by atoms with Gasteiger partial charge in [0.25, 0.3) is 0 Å². The van der Waals surface area contributed by atoms with Gasteiger partial charge in [-0.2, -0.15) is 0 Å². The van der Waals surface area contributed by atoms with Gasteiger partial charge >= 0.3 is 0 Å².